The molecule has 7 heteroatoms. The summed E-state index contributed by atoms with van der Waals surface area (Å²) in [6.45, 7) is -0.110. The molecule has 2 rings (SSSR count). The van der Waals surface area contributed by atoms with E-state index in [4.69, 9.17) is 5.11 Å². The number of nitrogens with one attached hydrogen (secondary N) is 2. The van der Waals surface area contributed by atoms with Gasteiger partial charge in [0, 0.05) is 24.5 Å². The van der Waals surface area contributed by atoms with Gasteiger partial charge in [0.05, 0.1) is 6.42 Å². The van der Waals surface area contributed by atoms with E-state index in [-0.39, 0.29) is 13.0 Å². The maximum absolute atomic E-state index is 11.9. The molecule has 3 amide bonds. The number of aromatic amines is 1. The zero-order valence-electron chi connectivity index (χ0n) is 8.84. The van der Waals surface area contributed by atoms with Crippen LogP contribution in [0.15, 0.2) is 18.5 Å². The average Bonchev–Trinajstić information content (AvgIpc) is 2.85. The van der Waals surface area contributed by atoms with Crippen LogP contribution in [-0.2, 0) is 9.59 Å². The molecule has 1 atom stereocenters. The number of amides is 3. The Morgan fingerprint density at radius 2 is 2.24 bits per heavy atom. The van der Waals surface area contributed by atoms with Crippen LogP contribution in [0.3, 0.4) is 0 Å². The average molecular weight is 237 g/mol. The van der Waals surface area contributed by atoms with Crippen molar-refractivity contribution in [2.24, 2.45) is 0 Å². The fourth-order valence-corrected chi connectivity index (χ4v) is 1.68. The van der Waals surface area contributed by atoms with Crippen molar-refractivity contribution in [1.82, 2.24) is 15.2 Å². The molecule has 0 aliphatic carbocycles. The summed E-state index contributed by atoms with van der Waals surface area (Å²) in [5.41, 5.74) is 0.654. The smallest absolute Gasteiger partial charge is 0.325 e. The molecule has 0 radical (unpaired) electrons. The predicted molar refractivity (Wildman–Crippen MR) is 56.0 cm³/mol. The molecule has 1 aliphatic heterocycles. The summed E-state index contributed by atoms with van der Waals surface area (Å²) in [6.07, 6.45) is 3.01. The molecule has 0 spiro atoms. The van der Waals surface area contributed by atoms with Gasteiger partial charge in [-0.15, -0.1) is 0 Å². The Morgan fingerprint density at radius 1 is 1.47 bits per heavy atom. The molecule has 17 heavy (non-hydrogen) atoms. The fourth-order valence-electron chi connectivity index (χ4n) is 1.68. The Morgan fingerprint density at radius 3 is 2.82 bits per heavy atom. The molecule has 0 aromatic carbocycles. The summed E-state index contributed by atoms with van der Waals surface area (Å²) < 4.78 is 0. The first-order valence-electron chi connectivity index (χ1n) is 5.06. The summed E-state index contributed by atoms with van der Waals surface area (Å²) in [4.78, 5) is 37.5. The molecule has 1 aliphatic rings. The van der Waals surface area contributed by atoms with E-state index in [0.717, 1.165) is 4.90 Å². The number of imide groups is 1. The van der Waals surface area contributed by atoms with Gasteiger partial charge in [0.1, 0.15) is 6.04 Å². The largest absolute Gasteiger partial charge is 0.481 e. The minimum Gasteiger partial charge on any atom is -0.481 e. The summed E-state index contributed by atoms with van der Waals surface area (Å²) in [5.74, 6) is -1.47. The highest BCUT2D eigenvalue weighted by atomic mass is 16.4. The quantitative estimate of drug-likeness (QED) is 0.645. The van der Waals surface area contributed by atoms with Crippen LogP contribution < -0.4 is 5.32 Å². The highest BCUT2D eigenvalue weighted by molar-refractivity contribution is 6.04. The molecule has 1 fully saturated rings. The number of carbonyl (C=O) groups is 3. The number of nitrogens with zero attached hydrogens (tertiary/aromatic N) is 1. The number of hydrogen-bond acceptors (Lipinski definition) is 3. The van der Waals surface area contributed by atoms with Crippen molar-refractivity contribution >= 4 is 17.9 Å². The lowest BCUT2D eigenvalue weighted by Crippen LogP contribution is -2.32. The Bertz CT molecular complexity index is 454. The number of H-pyrrole nitrogens is 1. The lowest BCUT2D eigenvalue weighted by atomic mass is 10.1. The summed E-state index contributed by atoms with van der Waals surface area (Å²) >= 11 is 0. The van der Waals surface area contributed by atoms with Crippen LogP contribution in [0.25, 0.3) is 0 Å². The second-order valence-electron chi connectivity index (χ2n) is 3.66. The van der Waals surface area contributed by atoms with Gasteiger partial charge >= 0.3 is 12.0 Å². The van der Waals surface area contributed by atoms with Crippen molar-refractivity contribution in [3.05, 3.63) is 24.0 Å². The van der Waals surface area contributed by atoms with Crippen LogP contribution in [-0.4, -0.2) is 39.4 Å². The fraction of sp³-hybridized carbons (Fsp3) is 0.300. The highest BCUT2D eigenvalue weighted by Gasteiger charge is 2.38. The van der Waals surface area contributed by atoms with E-state index in [1.165, 1.54) is 0 Å². The van der Waals surface area contributed by atoms with Crippen LogP contribution in [0.4, 0.5) is 4.79 Å². The number of aromatic nitrogens is 1. The number of aliphatic carboxylic acids is 1. The van der Waals surface area contributed by atoms with Gasteiger partial charge in [-0.05, 0) is 6.07 Å². The molecular weight excluding hydrogens is 226 g/mol. The molecule has 3 N–H and O–H groups in total. The molecule has 1 aromatic heterocycles. The Kier molecular flexibility index (Phi) is 2.82. The third kappa shape index (κ3) is 2.12. The maximum Gasteiger partial charge on any atom is 0.325 e. The Balaban J connectivity index is 2.09. The SMILES string of the molecule is O=C(O)CCN1C(=O)NC(c2cc[nH]c2)C1=O. The second kappa shape index (κ2) is 4.28. The lowest BCUT2D eigenvalue weighted by molar-refractivity contribution is -0.137. The topological polar surface area (TPSA) is 102 Å². The van der Waals surface area contributed by atoms with Gasteiger partial charge in [-0.3, -0.25) is 14.5 Å². The van der Waals surface area contributed by atoms with Crippen LogP contribution in [0.1, 0.15) is 18.0 Å². The number of urea groups is 1. The molecular formula is C10H11N3O4. The van der Waals surface area contributed by atoms with Crippen LogP contribution in [0.2, 0.25) is 0 Å². The van der Waals surface area contributed by atoms with Gasteiger partial charge in [-0.1, -0.05) is 0 Å². The standard InChI is InChI=1S/C10H11N3O4/c14-7(15)2-4-13-9(16)8(12-10(13)17)6-1-3-11-5-6/h1,3,5,8,11H,2,4H2,(H,12,17)(H,14,15). The van der Waals surface area contributed by atoms with Crippen molar-refractivity contribution in [1.29, 1.82) is 0 Å². The highest BCUT2D eigenvalue weighted by Crippen LogP contribution is 2.21. The third-order valence-electron chi connectivity index (χ3n) is 2.53. The predicted octanol–water partition coefficient (Wildman–Crippen LogP) is 0.0823. The van der Waals surface area contributed by atoms with Crippen LogP contribution >= 0.6 is 0 Å². The Hall–Kier alpha value is -2.31. The number of carboxylic acids is 1. The number of carbonyl (C=O) groups excluding carboxylic acids is 2. The van der Waals surface area contributed by atoms with Crippen LogP contribution in [0.5, 0.6) is 0 Å². The van der Waals surface area contributed by atoms with E-state index >= 15 is 0 Å². The summed E-state index contributed by atoms with van der Waals surface area (Å²) in [5, 5.41) is 11.0. The molecule has 1 saturated heterocycles. The molecule has 0 bridgehead atoms. The van der Waals surface area contributed by atoms with E-state index < -0.39 is 23.9 Å². The van der Waals surface area contributed by atoms with E-state index in [2.05, 4.69) is 10.3 Å². The minimum absolute atomic E-state index is 0.110. The number of rotatable bonds is 4. The summed E-state index contributed by atoms with van der Waals surface area (Å²) in [6, 6.07) is 0.411. The lowest BCUT2D eigenvalue weighted by Gasteiger charge is -2.10. The van der Waals surface area contributed by atoms with Crippen molar-refractivity contribution in [2.45, 2.75) is 12.5 Å². The zero-order valence-corrected chi connectivity index (χ0v) is 8.84. The Labute approximate surface area is 96.4 Å². The van der Waals surface area contributed by atoms with Gasteiger partial charge in [-0.25, -0.2) is 4.79 Å². The van der Waals surface area contributed by atoms with Gasteiger partial charge in [0.2, 0.25) is 0 Å². The van der Waals surface area contributed by atoms with Gasteiger partial charge in [-0.2, -0.15) is 0 Å². The zero-order chi connectivity index (χ0) is 12.4. The van der Waals surface area contributed by atoms with Crippen molar-refractivity contribution in [2.75, 3.05) is 6.54 Å². The van der Waals surface area contributed by atoms with Crippen molar-refractivity contribution < 1.29 is 19.5 Å². The normalized spacial score (nSPS) is 19.5. The third-order valence-corrected chi connectivity index (χ3v) is 2.53. The van der Waals surface area contributed by atoms with Gasteiger partial charge in [0.15, 0.2) is 0 Å². The second-order valence-corrected chi connectivity index (χ2v) is 3.66. The molecule has 90 valence electrons. The van der Waals surface area contributed by atoms with Gasteiger partial charge < -0.3 is 15.4 Å². The van der Waals surface area contributed by atoms with E-state index in [1.54, 1.807) is 18.5 Å². The minimum atomic E-state index is -1.05. The first-order chi connectivity index (χ1) is 8.09. The van der Waals surface area contributed by atoms with Gasteiger partial charge in [0.25, 0.3) is 5.91 Å². The number of carboxylic acid groups (broad SMARTS) is 1. The maximum atomic E-state index is 11.9. The summed E-state index contributed by atoms with van der Waals surface area (Å²) in [7, 11) is 0. The van der Waals surface area contributed by atoms with Crippen molar-refractivity contribution in [3.8, 4) is 0 Å². The van der Waals surface area contributed by atoms with E-state index in [1.807, 2.05) is 0 Å². The molecule has 7 nitrogen and oxygen atoms in total. The molecule has 0 saturated carbocycles. The first-order valence-corrected chi connectivity index (χ1v) is 5.06. The monoisotopic (exact) mass is 237 g/mol. The van der Waals surface area contributed by atoms with E-state index in [9.17, 15) is 14.4 Å². The van der Waals surface area contributed by atoms with E-state index in [0.29, 0.717) is 5.56 Å². The molecule has 1 unspecified atom stereocenters. The first kappa shape index (κ1) is 11.2. The molecule has 2 heterocycles. The molecule has 1 aromatic rings. The number of hydrogen-bond donors (Lipinski definition) is 3. The van der Waals surface area contributed by atoms with Crippen molar-refractivity contribution in [3.63, 3.8) is 0 Å². The van der Waals surface area contributed by atoms with Crippen LogP contribution in [0, 0.1) is 0 Å².